The van der Waals surface area contributed by atoms with Crippen molar-refractivity contribution < 1.29 is 4.79 Å². The van der Waals surface area contributed by atoms with Crippen LogP contribution in [0.3, 0.4) is 0 Å². The fourth-order valence-electron chi connectivity index (χ4n) is 2.12. The molecule has 2 heterocycles. The normalized spacial score (nSPS) is 16.2. The van der Waals surface area contributed by atoms with E-state index in [-0.39, 0.29) is 5.91 Å². The average molecular weight is 258 g/mol. The lowest BCUT2D eigenvalue weighted by Gasteiger charge is -2.27. The third-order valence-corrected chi connectivity index (χ3v) is 4.26. The van der Waals surface area contributed by atoms with Gasteiger partial charge >= 0.3 is 0 Å². The topological polar surface area (TPSA) is 33.2 Å². The van der Waals surface area contributed by atoms with Crippen LogP contribution in [0.5, 0.6) is 0 Å². The average Bonchev–Trinajstić information content (AvgIpc) is 2.82. The maximum atomic E-state index is 12.3. The first kappa shape index (κ1) is 11.4. The first-order chi connectivity index (χ1) is 8.74. The quantitative estimate of drug-likeness (QED) is 0.736. The lowest BCUT2D eigenvalue weighted by Crippen LogP contribution is -2.36. The molecule has 1 saturated heterocycles. The Morgan fingerprint density at radius 2 is 2.00 bits per heavy atom. The van der Waals surface area contributed by atoms with E-state index in [1.807, 2.05) is 29.2 Å². The minimum Gasteiger partial charge on any atom is -0.336 e. The number of carbonyl (C=O) groups is 1. The van der Waals surface area contributed by atoms with Crippen LogP contribution in [-0.2, 0) is 0 Å². The molecule has 1 aliphatic rings. The van der Waals surface area contributed by atoms with E-state index in [4.69, 9.17) is 0 Å². The zero-order valence-electron chi connectivity index (χ0n) is 10.1. The minimum atomic E-state index is 0.0590. The van der Waals surface area contributed by atoms with Gasteiger partial charge in [0.15, 0.2) is 5.01 Å². The van der Waals surface area contributed by atoms with Gasteiger partial charge in [-0.05, 0) is 25.0 Å². The predicted molar refractivity (Wildman–Crippen MR) is 73.9 cm³/mol. The molecular formula is C14H14N2OS. The SMILES string of the molecule is C=C1CCN(C(=O)c2nc3ccccc3s2)CC1. The van der Waals surface area contributed by atoms with Crippen molar-refractivity contribution >= 4 is 27.5 Å². The summed E-state index contributed by atoms with van der Waals surface area (Å²) < 4.78 is 1.07. The molecule has 2 aromatic rings. The first-order valence-corrected chi connectivity index (χ1v) is 6.87. The maximum Gasteiger partial charge on any atom is 0.282 e. The molecule has 4 heteroatoms. The zero-order chi connectivity index (χ0) is 12.5. The van der Waals surface area contributed by atoms with E-state index in [1.54, 1.807) is 0 Å². The number of hydrogen-bond acceptors (Lipinski definition) is 3. The predicted octanol–water partition coefficient (Wildman–Crippen LogP) is 3.09. The van der Waals surface area contributed by atoms with Gasteiger partial charge in [0.1, 0.15) is 0 Å². The highest BCUT2D eigenvalue weighted by atomic mass is 32.1. The smallest absolute Gasteiger partial charge is 0.282 e. The number of benzene rings is 1. The summed E-state index contributed by atoms with van der Waals surface area (Å²) in [6.07, 6.45) is 1.83. The summed E-state index contributed by atoms with van der Waals surface area (Å²) in [6, 6.07) is 7.86. The zero-order valence-corrected chi connectivity index (χ0v) is 10.9. The number of hydrogen-bond donors (Lipinski definition) is 0. The van der Waals surface area contributed by atoms with Gasteiger partial charge in [-0.15, -0.1) is 11.3 Å². The molecule has 0 N–H and O–H groups in total. The highest BCUT2D eigenvalue weighted by Crippen LogP contribution is 2.24. The molecule has 0 spiro atoms. The molecule has 0 aliphatic carbocycles. The van der Waals surface area contributed by atoms with Crippen molar-refractivity contribution in [2.75, 3.05) is 13.1 Å². The van der Waals surface area contributed by atoms with Crippen LogP contribution in [-0.4, -0.2) is 28.9 Å². The number of amides is 1. The summed E-state index contributed by atoms with van der Waals surface area (Å²) in [5.41, 5.74) is 2.15. The van der Waals surface area contributed by atoms with Gasteiger partial charge in [-0.2, -0.15) is 0 Å². The molecule has 1 amide bonds. The van der Waals surface area contributed by atoms with Crippen LogP contribution in [0, 0.1) is 0 Å². The van der Waals surface area contributed by atoms with Crippen LogP contribution in [0.2, 0.25) is 0 Å². The lowest BCUT2D eigenvalue weighted by molar-refractivity contribution is 0.0743. The van der Waals surface area contributed by atoms with E-state index >= 15 is 0 Å². The number of fused-ring (bicyclic) bond motifs is 1. The third-order valence-electron chi connectivity index (χ3n) is 3.23. The number of para-hydroxylation sites is 1. The number of aromatic nitrogens is 1. The largest absolute Gasteiger partial charge is 0.336 e. The van der Waals surface area contributed by atoms with Gasteiger partial charge in [-0.1, -0.05) is 24.3 Å². The molecule has 0 unspecified atom stereocenters. The number of rotatable bonds is 1. The van der Waals surface area contributed by atoms with Crippen LogP contribution < -0.4 is 0 Å². The molecule has 3 nitrogen and oxygen atoms in total. The van der Waals surface area contributed by atoms with Gasteiger partial charge in [0.2, 0.25) is 0 Å². The van der Waals surface area contributed by atoms with Crippen molar-refractivity contribution in [3.8, 4) is 0 Å². The van der Waals surface area contributed by atoms with E-state index in [2.05, 4.69) is 11.6 Å². The van der Waals surface area contributed by atoms with Gasteiger partial charge in [-0.25, -0.2) is 4.98 Å². The van der Waals surface area contributed by atoms with E-state index in [9.17, 15) is 4.79 Å². The van der Waals surface area contributed by atoms with Gasteiger partial charge in [0.05, 0.1) is 10.2 Å². The Morgan fingerprint density at radius 3 is 2.72 bits per heavy atom. The Kier molecular flexibility index (Phi) is 2.88. The first-order valence-electron chi connectivity index (χ1n) is 6.05. The molecule has 1 aromatic heterocycles. The van der Waals surface area contributed by atoms with Crippen molar-refractivity contribution in [3.05, 3.63) is 41.4 Å². The molecule has 0 atom stereocenters. The Balaban J connectivity index is 1.85. The molecule has 18 heavy (non-hydrogen) atoms. The summed E-state index contributed by atoms with van der Waals surface area (Å²) >= 11 is 1.48. The minimum absolute atomic E-state index is 0.0590. The second-order valence-electron chi connectivity index (χ2n) is 4.53. The summed E-state index contributed by atoms with van der Waals surface area (Å²) in [5.74, 6) is 0.0590. The Hall–Kier alpha value is -1.68. The monoisotopic (exact) mass is 258 g/mol. The van der Waals surface area contributed by atoms with Crippen LogP contribution >= 0.6 is 11.3 Å². The second kappa shape index (κ2) is 4.53. The number of likely N-dealkylation sites (tertiary alicyclic amines) is 1. The molecule has 92 valence electrons. The standard InChI is InChI=1S/C14H14N2OS/c1-10-6-8-16(9-7-10)14(17)13-15-11-4-2-3-5-12(11)18-13/h2-5H,1,6-9H2. The Bertz CT molecular complexity index is 574. The molecule has 3 rings (SSSR count). The molecular weight excluding hydrogens is 244 g/mol. The fraction of sp³-hybridized carbons (Fsp3) is 0.286. The van der Waals surface area contributed by atoms with Gasteiger partial charge in [0.25, 0.3) is 5.91 Å². The van der Waals surface area contributed by atoms with E-state index in [0.29, 0.717) is 5.01 Å². The second-order valence-corrected chi connectivity index (χ2v) is 5.56. The number of nitrogens with zero attached hydrogens (tertiary/aromatic N) is 2. The van der Waals surface area contributed by atoms with Crippen LogP contribution in [0.25, 0.3) is 10.2 Å². The number of thiazole rings is 1. The molecule has 0 saturated carbocycles. The highest BCUT2D eigenvalue weighted by Gasteiger charge is 2.22. The van der Waals surface area contributed by atoms with Crippen LogP contribution in [0.1, 0.15) is 22.6 Å². The number of carbonyl (C=O) groups excluding carboxylic acids is 1. The van der Waals surface area contributed by atoms with Gasteiger partial charge in [-0.3, -0.25) is 4.79 Å². The van der Waals surface area contributed by atoms with Crippen LogP contribution in [0.4, 0.5) is 0 Å². The molecule has 1 aromatic carbocycles. The van der Waals surface area contributed by atoms with Gasteiger partial charge < -0.3 is 4.90 Å². The highest BCUT2D eigenvalue weighted by molar-refractivity contribution is 7.20. The maximum absolute atomic E-state index is 12.3. The summed E-state index contributed by atoms with van der Waals surface area (Å²) in [4.78, 5) is 18.6. The molecule has 0 radical (unpaired) electrons. The van der Waals surface area contributed by atoms with E-state index < -0.39 is 0 Å². The summed E-state index contributed by atoms with van der Waals surface area (Å²) in [6.45, 7) is 5.51. The summed E-state index contributed by atoms with van der Waals surface area (Å²) in [7, 11) is 0. The molecule has 1 aliphatic heterocycles. The summed E-state index contributed by atoms with van der Waals surface area (Å²) in [5, 5.41) is 0.601. The Labute approximate surface area is 110 Å². The van der Waals surface area contributed by atoms with Gasteiger partial charge in [0, 0.05) is 13.1 Å². The number of piperidine rings is 1. The van der Waals surface area contributed by atoms with Crippen molar-refractivity contribution in [1.29, 1.82) is 0 Å². The third kappa shape index (κ3) is 2.04. The lowest BCUT2D eigenvalue weighted by atomic mass is 10.1. The van der Waals surface area contributed by atoms with Crippen molar-refractivity contribution in [2.24, 2.45) is 0 Å². The molecule has 0 bridgehead atoms. The van der Waals surface area contributed by atoms with Crippen molar-refractivity contribution in [3.63, 3.8) is 0 Å². The van der Waals surface area contributed by atoms with Crippen molar-refractivity contribution in [1.82, 2.24) is 9.88 Å². The van der Waals surface area contributed by atoms with E-state index in [1.165, 1.54) is 16.9 Å². The molecule has 1 fully saturated rings. The Morgan fingerprint density at radius 1 is 1.28 bits per heavy atom. The van der Waals surface area contributed by atoms with E-state index in [0.717, 1.165) is 36.1 Å². The van der Waals surface area contributed by atoms with Crippen molar-refractivity contribution in [2.45, 2.75) is 12.8 Å². The van der Waals surface area contributed by atoms with Crippen LogP contribution in [0.15, 0.2) is 36.4 Å². The fourth-order valence-corrected chi connectivity index (χ4v) is 3.06.